The van der Waals surface area contributed by atoms with Crippen molar-refractivity contribution < 1.29 is 14.3 Å². The van der Waals surface area contributed by atoms with Crippen LogP contribution in [0.1, 0.15) is 24.5 Å². The zero-order valence-corrected chi connectivity index (χ0v) is 12.5. The lowest BCUT2D eigenvalue weighted by atomic mass is 10.1. The Morgan fingerprint density at radius 2 is 1.86 bits per heavy atom. The molecule has 1 aliphatic heterocycles. The molecule has 3 rings (SSSR count). The molecule has 2 aromatic carbocycles. The van der Waals surface area contributed by atoms with Crippen molar-refractivity contribution in [3.05, 3.63) is 71.3 Å². The first-order valence-electron chi connectivity index (χ1n) is 7.39. The van der Waals surface area contributed by atoms with Gasteiger partial charge in [0.15, 0.2) is 0 Å². The summed E-state index contributed by atoms with van der Waals surface area (Å²) in [6.07, 6.45) is 2.53. The Morgan fingerprint density at radius 1 is 1.14 bits per heavy atom. The van der Waals surface area contributed by atoms with Gasteiger partial charge in [-0.1, -0.05) is 42.5 Å². The number of cyclic esters (lactones) is 1. The highest BCUT2D eigenvalue weighted by molar-refractivity contribution is 5.95. The van der Waals surface area contributed by atoms with E-state index in [1.54, 1.807) is 0 Å². The maximum atomic E-state index is 11.6. The van der Waals surface area contributed by atoms with Gasteiger partial charge in [0.2, 0.25) is 0 Å². The predicted octanol–water partition coefficient (Wildman–Crippen LogP) is 3.98. The summed E-state index contributed by atoms with van der Waals surface area (Å²) in [6.45, 7) is 2.45. The highest BCUT2D eigenvalue weighted by Crippen LogP contribution is 2.23. The van der Waals surface area contributed by atoms with Crippen molar-refractivity contribution in [1.82, 2.24) is 0 Å². The largest absolute Gasteiger partial charge is 0.489 e. The molecule has 0 N–H and O–H groups in total. The molecule has 22 heavy (non-hydrogen) atoms. The molecule has 1 atom stereocenters. The van der Waals surface area contributed by atoms with Crippen molar-refractivity contribution in [3.8, 4) is 5.75 Å². The second-order valence-electron chi connectivity index (χ2n) is 5.43. The zero-order chi connectivity index (χ0) is 15.4. The van der Waals surface area contributed by atoms with Crippen LogP contribution in [0.2, 0.25) is 0 Å². The van der Waals surface area contributed by atoms with E-state index in [0.717, 1.165) is 22.4 Å². The number of hydrogen-bond acceptors (Lipinski definition) is 3. The summed E-state index contributed by atoms with van der Waals surface area (Å²) < 4.78 is 10.9. The monoisotopic (exact) mass is 294 g/mol. The molecular weight excluding hydrogens is 276 g/mol. The molecule has 2 aromatic rings. The zero-order valence-electron chi connectivity index (χ0n) is 12.5. The van der Waals surface area contributed by atoms with Gasteiger partial charge >= 0.3 is 5.97 Å². The van der Waals surface area contributed by atoms with Gasteiger partial charge in [0.05, 0.1) is 0 Å². The predicted molar refractivity (Wildman–Crippen MR) is 85.4 cm³/mol. The Morgan fingerprint density at radius 3 is 2.50 bits per heavy atom. The molecule has 0 amide bonds. The van der Waals surface area contributed by atoms with Crippen molar-refractivity contribution in [2.24, 2.45) is 0 Å². The first-order valence-corrected chi connectivity index (χ1v) is 7.39. The van der Waals surface area contributed by atoms with Crippen LogP contribution in [0.4, 0.5) is 0 Å². The maximum absolute atomic E-state index is 11.6. The summed E-state index contributed by atoms with van der Waals surface area (Å²) in [5.74, 6) is 0.602. The van der Waals surface area contributed by atoms with Gasteiger partial charge in [-0.3, -0.25) is 0 Å². The number of esters is 1. The molecule has 112 valence electrons. The molecule has 1 aliphatic rings. The van der Waals surface area contributed by atoms with E-state index in [1.165, 1.54) is 0 Å². The Labute approximate surface area is 130 Å². The van der Waals surface area contributed by atoms with Crippen molar-refractivity contribution in [1.29, 1.82) is 0 Å². The first-order chi connectivity index (χ1) is 10.7. The molecule has 1 saturated heterocycles. The quantitative estimate of drug-likeness (QED) is 0.632. The lowest BCUT2D eigenvalue weighted by Crippen LogP contribution is -1.99. The van der Waals surface area contributed by atoms with E-state index in [4.69, 9.17) is 9.47 Å². The van der Waals surface area contributed by atoms with Gasteiger partial charge in [-0.15, -0.1) is 0 Å². The van der Waals surface area contributed by atoms with Gasteiger partial charge in [0, 0.05) is 12.0 Å². The third-order valence-corrected chi connectivity index (χ3v) is 3.55. The van der Waals surface area contributed by atoms with Gasteiger partial charge < -0.3 is 9.47 Å². The fourth-order valence-electron chi connectivity index (χ4n) is 2.41. The number of ether oxygens (including phenoxy) is 2. The van der Waals surface area contributed by atoms with Crippen LogP contribution in [0.25, 0.3) is 6.08 Å². The Hall–Kier alpha value is -2.55. The standard InChI is InChI=1S/C19H18O3/c1-14-11-17(19(20)22-14)12-15-7-9-18(10-8-15)21-13-16-5-3-2-4-6-16/h2-10,12,14H,11,13H2,1H3/b17-12+. The SMILES string of the molecule is CC1C/C(=C\c2ccc(OCc3ccccc3)cc2)C(=O)O1. The molecule has 0 spiro atoms. The normalized spacial score (nSPS) is 19.2. The molecular formula is C19H18O3. The number of hydrogen-bond donors (Lipinski definition) is 0. The van der Waals surface area contributed by atoms with E-state index in [-0.39, 0.29) is 12.1 Å². The summed E-state index contributed by atoms with van der Waals surface area (Å²) in [6, 6.07) is 17.8. The molecule has 3 heteroatoms. The summed E-state index contributed by atoms with van der Waals surface area (Å²) in [7, 11) is 0. The van der Waals surface area contributed by atoms with Crippen LogP contribution in [0, 0.1) is 0 Å². The fourth-order valence-corrected chi connectivity index (χ4v) is 2.41. The Balaban J connectivity index is 1.63. The minimum Gasteiger partial charge on any atom is -0.489 e. The van der Waals surface area contributed by atoms with Crippen LogP contribution >= 0.6 is 0 Å². The molecule has 1 fully saturated rings. The molecule has 1 heterocycles. The van der Waals surface area contributed by atoms with E-state index in [2.05, 4.69) is 0 Å². The molecule has 0 aliphatic carbocycles. The van der Waals surface area contributed by atoms with Crippen LogP contribution in [0.3, 0.4) is 0 Å². The minimum atomic E-state index is -0.211. The van der Waals surface area contributed by atoms with Crippen molar-refractivity contribution >= 4 is 12.0 Å². The summed E-state index contributed by atoms with van der Waals surface area (Å²) in [5, 5.41) is 0. The molecule has 1 unspecified atom stereocenters. The molecule has 0 saturated carbocycles. The summed E-state index contributed by atoms with van der Waals surface area (Å²) in [4.78, 5) is 11.6. The second-order valence-corrected chi connectivity index (χ2v) is 5.43. The highest BCUT2D eigenvalue weighted by Gasteiger charge is 2.24. The molecule has 0 radical (unpaired) electrons. The van der Waals surface area contributed by atoms with Gasteiger partial charge in [-0.05, 0) is 36.3 Å². The topological polar surface area (TPSA) is 35.5 Å². The summed E-state index contributed by atoms with van der Waals surface area (Å²) in [5.41, 5.74) is 2.84. The van der Waals surface area contributed by atoms with E-state index in [1.807, 2.05) is 67.6 Å². The van der Waals surface area contributed by atoms with Crippen LogP contribution in [0.15, 0.2) is 60.2 Å². The van der Waals surface area contributed by atoms with Crippen LogP contribution in [-0.2, 0) is 16.1 Å². The third-order valence-electron chi connectivity index (χ3n) is 3.55. The van der Waals surface area contributed by atoms with Gasteiger partial charge in [-0.2, -0.15) is 0 Å². The van der Waals surface area contributed by atoms with Gasteiger partial charge in [0.1, 0.15) is 18.5 Å². The van der Waals surface area contributed by atoms with Gasteiger partial charge in [0.25, 0.3) is 0 Å². The van der Waals surface area contributed by atoms with E-state index in [0.29, 0.717) is 13.0 Å². The fraction of sp³-hybridized carbons (Fsp3) is 0.211. The average molecular weight is 294 g/mol. The molecule has 0 aromatic heterocycles. The van der Waals surface area contributed by atoms with Crippen LogP contribution in [0.5, 0.6) is 5.75 Å². The van der Waals surface area contributed by atoms with Crippen LogP contribution < -0.4 is 4.74 Å². The first kappa shape index (κ1) is 14.4. The third kappa shape index (κ3) is 3.55. The lowest BCUT2D eigenvalue weighted by Gasteiger charge is -2.06. The molecule has 3 nitrogen and oxygen atoms in total. The smallest absolute Gasteiger partial charge is 0.334 e. The summed E-state index contributed by atoms with van der Waals surface area (Å²) >= 11 is 0. The van der Waals surface area contributed by atoms with E-state index < -0.39 is 0 Å². The number of benzene rings is 2. The van der Waals surface area contributed by atoms with Gasteiger partial charge in [-0.25, -0.2) is 4.79 Å². The number of rotatable bonds is 4. The van der Waals surface area contributed by atoms with Crippen LogP contribution in [-0.4, -0.2) is 12.1 Å². The Kier molecular flexibility index (Phi) is 4.24. The minimum absolute atomic E-state index is 0.0211. The Bertz CT molecular complexity index is 672. The van der Waals surface area contributed by atoms with Crippen molar-refractivity contribution in [2.45, 2.75) is 26.1 Å². The van der Waals surface area contributed by atoms with Crippen molar-refractivity contribution in [3.63, 3.8) is 0 Å². The number of carbonyl (C=O) groups is 1. The average Bonchev–Trinajstić information content (AvgIpc) is 2.85. The van der Waals surface area contributed by atoms with E-state index >= 15 is 0 Å². The highest BCUT2D eigenvalue weighted by atomic mass is 16.5. The number of carbonyl (C=O) groups excluding carboxylic acids is 1. The second kappa shape index (κ2) is 6.48. The van der Waals surface area contributed by atoms with Crippen molar-refractivity contribution in [2.75, 3.05) is 0 Å². The lowest BCUT2D eigenvalue weighted by molar-refractivity contribution is -0.138. The molecule has 0 bridgehead atoms. The maximum Gasteiger partial charge on any atom is 0.334 e. The van der Waals surface area contributed by atoms with E-state index in [9.17, 15) is 4.79 Å².